The van der Waals surface area contributed by atoms with Crippen LogP contribution in [0.1, 0.15) is 13.8 Å². The van der Waals surface area contributed by atoms with Gasteiger partial charge in [-0.05, 0) is 43.8 Å². The third-order valence-electron chi connectivity index (χ3n) is 3.89. The number of carboxylic acids is 1. The van der Waals surface area contributed by atoms with Gasteiger partial charge in [0.25, 0.3) is 0 Å². The van der Waals surface area contributed by atoms with Gasteiger partial charge in [-0.3, -0.25) is 9.69 Å². The average molecular weight is 287 g/mol. The lowest BCUT2D eigenvalue weighted by Crippen LogP contribution is -2.49. The summed E-state index contributed by atoms with van der Waals surface area (Å²) in [6, 6.07) is 14.1. The van der Waals surface area contributed by atoms with Crippen LogP contribution in [0.3, 0.4) is 0 Å². The molecule has 2 aromatic rings. The van der Waals surface area contributed by atoms with Crippen molar-refractivity contribution in [3.05, 3.63) is 42.5 Å². The van der Waals surface area contributed by atoms with Gasteiger partial charge in [0.05, 0.1) is 0 Å². The molecule has 2 rings (SSSR count). The number of rotatable bonds is 6. The van der Waals surface area contributed by atoms with Gasteiger partial charge in [0.1, 0.15) is 17.9 Å². The first kappa shape index (κ1) is 15.3. The minimum Gasteiger partial charge on any atom is -0.492 e. The fraction of sp³-hybridized carbons (Fsp3) is 0.353. The molecule has 21 heavy (non-hydrogen) atoms. The highest BCUT2D eigenvalue weighted by Crippen LogP contribution is 2.20. The van der Waals surface area contributed by atoms with Crippen molar-refractivity contribution in [1.82, 2.24) is 4.90 Å². The fourth-order valence-corrected chi connectivity index (χ4v) is 2.00. The maximum atomic E-state index is 11.2. The summed E-state index contributed by atoms with van der Waals surface area (Å²) >= 11 is 0. The van der Waals surface area contributed by atoms with Crippen LogP contribution in [-0.2, 0) is 4.79 Å². The minimum atomic E-state index is -0.896. The topological polar surface area (TPSA) is 49.8 Å². The van der Waals surface area contributed by atoms with Crippen molar-refractivity contribution >= 4 is 16.7 Å². The number of hydrogen-bond donors (Lipinski definition) is 1. The zero-order valence-corrected chi connectivity index (χ0v) is 12.7. The smallest absolute Gasteiger partial charge is 0.323 e. The van der Waals surface area contributed by atoms with Gasteiger partial charge in [-0.25, -0.2) is 0 Å². The summed E-state index contributed by atoms with van der Waals surface area (Å²) < 4.78 is 5.73. The fourth-order valence-electron chi connectivity index (χ4n) is 2.00. The molecule has 1 N–H and O–H groups in total. The normalized spacial score (nSPS) is 11.8. The number of carboxylic acid groups (broad SMARTS) is 1. The number of hydrogen-bond acceptors (Lipinski definition) is 3. The van der Waals surface area contributed by atoms with E-state index in [0.717, 1.165) is 11.1 Å². The van der Waals surface area contributed by atoms with Gasteiger partial charge in [-0.1, -0.05) is 30.3 Å². The van der Waals surface area contributed by atoms with E-state index in [1.54, 1.807) is 25.8 Å². The van der Waals surface area contributed by atoms with E-state index in [1.807, 2.05) is 36.4 Å². The van der Waals surface area contributed by atoms with Crippen molar-refractivity contribution in [3.63, 3.8) is 0 Å². The van der Waals surface area contributed by atoms with Gasteiger partial charge in [0, 0.05) is 6.54 Å². The predicted molar refractivity (Wildman–Crippen MR) is 83.8 cm³/mol. The van der Waals surface area contributed by atoms with Crippen LogP contribution in [0.2, 0.25) is 0 Å². The van der Waals surface area contributed by atoms with Crippen molar-refractivity contribution in [1.29, 1.82) is 0 Å². The lowest BCUT2D eigenvalue weighted by atomic mass is 10.0. The van der Waals surface area contributed by atoms with Crippen LogP contribution in [0.5, 0.6) is 5.75 Å². The Balaban J connectivity index is 1.94. The van der Waals surface area contributed by atoms with E-state index in [9.17, 15) is 4.79 Å². The summed E-state index contributed by atoms with van der Waals surface area (Å²) in [6.45, 7) is 4.37. The molecule has 0 saturated heterocycles. The Kier molecular flexibility index (Phi) is 4.48. The average Bonchev–Trinajstić information content (AvgIpc) is 2.46. The standard InChI is InChI=1S/C17H21NO3/c1-17(2,16(19)20)18(3)10-11-21-15-9-8-13-6-4-5-7-14(13)12-15/h4-9,12H,10-11H2,1-3H3,(H,19,20). The number of benzene rings is 2. The first-order chi connectivity index (χ1) is 9.91. The third kappa shape index (κ3) is 3.52. The number of aliphatic carboxylic acids is 1. The van der Waals surface area contributed by atoms with E-state index < -0.39 is 11.5 Å². The van der Waals surface area contributed by atoms with Gasteiger partial charge in [0.15, 0.2) is 0 Å². The number of carbonyl (C=O) groups is 1. The summed E-state index contributed by atoms with van der Waals surface area (Å²) in [5.74, 6) is -0.0362. The molecule has 0 amide bonds. The van der Waals surface area contributed by atoms with Crippen LogP contribution in [-0.4, -0.2) is 41.7 Å². The molecule has 4 nitrogen and oxygen atoms in total. The van der Waals surface area contributed by atoms with Crippen molar-refractivity contribution < 1.29 is 14.6 Å². The second-order valence-electron chi connectivity index (χ2n) is 5.64. The molecule has 0 spiro atoms. The largest absolute Gasteiger partial charge is 0.492 e. The molecule has 112 valence electrons. The monoisotopic (exact) mass is 287 g/mol. The Morgan fingerprint density at radius 3 is 2.52 bits per heavy atom. The van der Waals surface area contributed by atoms with Gasteiger partial charge in [0.2, 0.25) is 0 Å². The zero-order valence-electron chi connectivity index (χ0n) is 12.7. The summed E-state index contributed by atoms with van der Waals surface area (Å²) in [6.07, 6.45) is 0. The molecular weight excluding hydrogens is 266 g/mol. The molecule has 0 heterocycles. The third-order valence-corrected chi connectivity index (χ3v) is 3.89. The Bertz CT molecular complexity index is 637. The molecule has 0 atom stereocenters. The molecule has 0 aromatic heterocycles. The van der Waals surface area contributed by atoms with Crippen molar-refractivity contribution in [2.45, 2.75) is 19.4 Å². The van der Waals surface area contributed by atoms with Crippen LogP contribution in [0.4, 0.5) is 0 Å². The van der Waals surface area contributed by atoms with Crippen molar-refractivity contribution in [2.75, 3.05) is 20.2 Å². The number of fused-ring (bicyclic) bond motifs is 1. The van der Waals surface area contributed by atoms with Crippen LogP contribution in [0.25, 0.3) is 10.8 Å². The minimum absolute atomic E-state index is 0.450. The summed E-state index contributed by atoms with van der Waals surface area (Å²) in [4.78, 5) is 12.9. The molecule has 0 aliphatic heterocycles. The van der Waals surface area contributed by atoms with Crippen LogP contribution < -0.4 is 4.74 Å². The first-order valence-electron chi connectivity index (χ1n) is 6.97. The van der Waals surface area contributed by atoms with Crippen LogP contribution in [0, 0.1) is 0 Å². The van der Waals surface area contributed by atoms with Crippen LogP contribution in [0.15, 0.2) is 42.5 Å². The maximum Gasteiger partial charge on any atom is 0.323 e. The summed E-state index contributed by atoms with van der Waals surface area (Å²) in [7, 11) is 1.79. The second-order valence-corrected chi connectivity index (χ2v) is 5.64. The van der Waals surface area contributed by atoms with Crippen molar-refractivity contribution in [3.8, 4) is 5.75 Å². The van der Waals surface area contributed by atoms with Gasteiger partial charge in [-0.15, -0.1) is 0 Å². The molecule has 4 heteroatoms. The van der Waals surface area contributed by atoms with Crippen LogP contribution >= 0.6 is 0 Å². The van der Waals surface area contributed by atoms with Gasteiger partial charge >= 0.3 is 5.97 Å². The quantitative estimate of drug-likeness (QED) is 0.887. The zero-order chi connectivity index (χ0) is 15.5. The van der Waals surface area contributed by atoms with Gasteiger partial charge < -0.3 is 9.84 Å². The highest BCUT2D eigenvalue weighted by Gasteiger charge is 2.31. The van der Waals surface area contributed by atoms with E-state index in [1.165, 1.54) is 5.39 Å². The Morgan fingerprint density at radius 1 is 1.19 bits per heavy atom. The molecule has 0 radical (unpaired) electrons. The highest BCUT2D eigenvalue weighted by molar-refractivity contribution is 5.83. The highest BCUT2D eigenvalue weighted by atomic mass is 16.5. The lowest BCUT2D eigenvalue weighted by molar-refractivity contribution is -0.148. The Morgan fingerprint density at radius 2 is 1.86 bits per heavy atom. The Hall–Kier alpha value is -2.07. The van der Waals surface area contributed by atoms with E-state index in [2.05, 4.69) is 6.07 Å². The first-order valence-corrected chi connectivity index (χ1v) is 6.97. The number of likely N-dealkylation sites (N-methyl/N-ethyl adjacent to an activating group) is 1. The second kappa shape index (κ2) is 6.14. The molecule has 0 aliphatic carbocycles. The van der Waals surface area contributed by atoms with E-state index in [0.29, 0.717) is 13.2 Å². The molecule has 0 fully saturated rings. The molecule has 0 saturated carbocycles. The van der Waals surface area contributed by atoms with Crippen molar-refractivity contribution in [2.24, 2.45) is 0 Å². The van der Waals surface area contributed by atoms with E-state index >= 15 is 0 Å². The maximum absolute atomic E-state index is 11.2. The summed E-state index contributed by atoms with van der Waals surface area (Å²) in [5.41, 5.74) is -0.896. The SMILES string of the molecule is CN(CCOc1ccc2ccccc2c1)C(C)(C)C(=O)O. The van der Waals surface area contributed by atoms with E-state index in [4.69, 9.17) is 9.84 Å². The molecular formula is C17H21NO3. The van der Waals surface area contributed by atoms with Gasteiger partial charge in [-0.2, -0.15) is 0 Å². The Labute approximate surface area is 124 Å². The number of nitrogens with zero attached hydrogens (tertiary/aromatic N) is 1. The molecule has 0 unspecified atom stereocenters. The molecule has 0 aliphatic rings. The predicted octanol–water partition coefficient (Wildman–Crippen LogP) is 3.01. The number of ether oxygens (including phenoxy) is 1. The lowest BCUT2D eigenvalue weighted by Gasteiger charge is -2.31. The summed E-state index contributed by atoms with van der Waals surface area (Å²) in [5, 5.41) is 11.5. The van der Waals surface area contributed by atoms with E-state index in [-0.39, 0.29) is 0 Å². The molecule has 0 bridgehead atoms. The molecule has 2 aromatic carbocycles.